The largest absolute Gasteiger partial charge is 0.481 e. The molecule has 0 aliphatic heterocycles. The maximum Gasteiger partial charge on any atom is 0.218 e. The Bertz CT molecular complexity index is 320. The average Bonchev–Trinajstić information content (AvgIpc) is 2.29. The minimum Gasteiger partial charge on any atom is -0.481 e. The van der Waals surface area contributed by atoms with E-state index in [4.69, 9.17) is 4.74 Å². The van der Waals surface area contributed by atoms with E-state index >= 15 is 0 Å². The first kappa shape index (κ1) is 13.2. The molecule has 0 atom stereocenters. The molecule has 1 heterocycles. The summed E-state index contributed by atoms with van der Waals surface area (Å²) in [6.07, 6.45) is 2.63. The van der Waals surface area contributed by atoms with Gasteiger partial charge in [-0.1, -0.05) is 15.9 Å². The molecule has 0 spiro atoms. The summed E-state index contributed by atoms with van der Waals surface area (Å²) in [5.41, 5.74) is 0. The highest BCUT2D eigenvalue weighted by Gasteiger charge is 2.12. The fourth-order valence-corrected chi connectivity index (χ4v) is 1.72. The summed E-state index contributed by atoms with van der Waals surface area (Å²) in [5, 5.41) is 0.998. The first-order valence-electron chi connectivity index (χ1n) is 5.37. The molecule has 5 heteroatoms. The molecule has 4 nitrogen and oxygen atoms in total. The fraction of sp³-hybridized carbons (Fsp3) is 0.636. The molecule has 1 aromatic heterocycles. The highest BCUT2D eigenvalue weighted by Crippen LogP contribution is 2.18. The second kappa shape index (κ2) is 6.68. The summed E-state index contributed by atoms with van der Waals surface area (Å²) in [5.74, 6) is 1.53. The van der Waals surface area contributed by atoms with Crippen molar-refractivity contribution in [1.82, 2.24) is 9.97 Å². The van der Waals surface area contributed by atoms with Crippen LogP contribution >= 0.6 is 15.9 Å². The van der Waals surface area contributed by atoms with E-state index in [1.54, 1.807) is 7.11 Å². The quantitative estimate of drug-likeness (QED) is 0.754. The number of hydrogen-bond acceptors (Lipinski definition) is 4. The maximum absolute atomic E-state index is 5.10. The van der Waals surface area contributed by atoms with Crippen LogP contribution in [0.3, 0.4) is 0 Å². The van der Waals surface area contributed by atoms with Crippen molar-refractivity contribution < 1.29 is 4.74 Å². The van der Waals surface area contributed by atoms with Crippen molar-refractivity contribution in [1.29, 1.82) is 0 Å². The smallest absolute Gasteiger partial charge is 0.218 e. The van der Waals surface area contributed by atoms with Crippen molar-refractivity contribution in [2.24, 2.45) is 0 Å². The third kappa shape index (κ3) is 3.63. The van der Waals surface area contributed by atoms with E-state index in [1.165, 1.54) is 6.33 Å². The summed E-state index contributed by atoms with van der Waals surface area (Å²) in [6.45, 7) is 5.29. The van der Waals surface area contributed by atoms with Crippen molar-refractivity contribution in [2.75, 3.05) is 23.9 Å². The van der Waals surface area contributed by atoms with E-state index in [9.17, 15) is 0 Å². The van der Waals surface area contributed by atoms with Gasteiger partial charge in [0.25, 0.3) is 0 Å². The standard InChI is InChI=1S/C11H18BrN3O/c1-9(2)15(6-4-5-12)10-7-11(16-3)14-8-13-10/h7-9H,4-6H2,1-3H3. The monoisotopic (exact) mass is 287 g/mol. The van der Waals surface area contributed by atoms with Crippen LogP contribution in [0.5, 0.6) is 5.88 Å². The number of alkyl halides is 1. The van der Waals surface area contributed by atoms with Crippen molar-refractivity contribution >= 4 is 21.7 Å². The number of aromatic nitrogens is 2. The summed E-state index contributed by atoms with van der Waals surface area (Å²) in [7, 11) is 1.62. The normalized spacial score (nSPS) is 10.6. The third-order valence-corrected chi connectivity index (χ3v) is 2.85. The van der Waals surface area contributed by atoms with E-state index in [2.05, 4.69) is 44.6 Å². The highest BCUT2D eigenvalue weighted by molar-refractivity contribution is 9.09. The molecule has 0 bridgehead atoms. The van der Waals surface area contributed by atoms with Crippen LogP contribution in [0.1, 0.15) is 20.3 Å². The molecule has 0 fully saturated rings. The van der Waals surface area contributed by atoms with Crippen molar-refractivity contribution in [2.45, 2.75) is 26.3 Å². The van der Waals surface area contributed by atoms with E-state index in [0.29, 0.717) is 11.9 Å². The van der Waals surface area contributed by atoms with Crippen LogP contribution in [0.15, 0.2) is 12.4 Å². The van der Waals surface area contributed by atoms with Crippen LogP contribution in [-0.2, 0) is 0 Å². The van der Waals surface area contributed by atoms with Gasteiger partial charge in [-0.15, -0.1) is 0 Å². The number of rotatable bonds is 6. The van der Waals surface area contributed by atoms with Gasteiger partial charge >= 0.3 is 0 Å². The lowest BCUT2D eigenvalue weighted by Crippen LogP contribution is -2.32. The van der Waals surface area contributed by atoms with Crippen LogP contribution < -0.4 is 9.64 Å². The summed E-state index contributed by atoms with van der Waals surface area (Å²) in [6, 6.07) is 2.28. The maximum atomic E-state index is 5.10. The molecular weight excluding hydrogens is 270 g/mol. The SMILES string of the molecule is COc1cc(N(CCCBr)C(C)C)ncn1. The summed E-state index contributed by atoms with van der Waals surface area (Å²) < 4.78 is 5.10. The van der Waals surface area contributed by atoms with Crippen LogP contribution in [0.2, 0.25) is 0 Å². The van der Waals surface area contributed by atoms with Crippen molar-refractivity contribution in [3.63, 3.8) is 0 Å². The zero-order chi connectivity index (χ0) is 12.0. The lowest BCUT2D eigenvalue weighted by molar-refractivity contribution is 0.396. The molecule has 0 unspecified atom stereocenters. The van der Waals surface area contributed by atoms with Gasteiger partial charge in [-0.05, 0) is 20.3 Å². The van der Waals surface area contributed by atoms with Gasteiger partial charge in [0.1, 0.15) is 12.1 Å². The lowest BCUT2D eigenvalue weighted by Gasteiger charge is -2.27. The molecule has 0 aliphatic rings. The van der Waals surface area contributed by atoms with Crippen molar-refractivity contribution in [3.05, 3.63) is 12.4 Å². The summed E-state index contributed by atoms with van der Waals surface area (Å²) in [4.78, 5) is 10.5. The predicted octanol–water partition coefficient (Wildman–Crippen LogP) is 2.49. The van der Waals surface area contributed by atoms with Gasteiger partial charge < -0.3 is 9.64 Å². The van der Waals surface area contributed by atoms with Gasteiger partial charge in [-0.3, -0.25) is 0 Å². The Hall–Kier alpha value is -0.840. The Morgan fingerprint density at radius 3 is 2.75 bits per heavy atom. The average molecular weight is 288 g/mol. The molecular formula is C11H18BrN3O. The van der Waals surface area contributed by atoms with Crippen molar-refractivity contribution in [3.8, 4) is 5.88 Å². The number of anilines is 1. The van der Waals surface area contributed by atoms with Crippen LogP contribution in [-0.4, -0.2) is 35.0 Å². The number of nitrogens with zero attached hydrogens (tertiary/aromatic N) is 3. The molecule has 0 aliphatic carbocycles. The number of hydrogen-bond donors (Lipinski definition) is 0. The van der Waals surface area contributed by atoms with Crippen LogP contribution in [0, 0.1) is 0 Å². The lowest BCUT2D eigenvalue weighted by atomic mass is 10.3. The second-order valence-corrected chi connectivity index (χ2v) is 4.54. The first-order valence-corrected chi connectivity index (χ1v) is 6.49. The van der Waals surface area contributed by atoms with Gasteiger partial charge in [-0.2, -0.15) is 0 Å². The minimum atomic E-state index is 0.415. The van der Waals surface area contributed by atoms with E-state index < -0.39 is 0 Å². The summed E-state index contributed by atoms with van der Waals surface area (Å²) >= 11 is 3.44. The van der Waals surface area contributed by atoms with Gasteiger partial charge in [0.2, 0.25) is 5.88 Å². The molecule has 0 saturated carbocycles. The van der Waals surface area contributed by atoms with E-state index in [1.807, 2.05) is 6.07 Å². The Labute approximate surface area is 105 Å². The molecule has 0 aromatic carbocycles. The number of halogens is 1. The number of methoxy groups -OCH3 is 1. The van der Waals surface area contributed by atoms with Gasteiger partial charge in [0, 0.05) is 24.0 Å². The molecule has 0 radical (unpaired) electrons. The Balaban J connectivity index is 2.82. The highest BCUT2D eigenvalue weighted by atomic mass is 79.9. The minimum absolute atomic E-state index is 0.415. The van der Waals surface area contributed by atoms with Gasteiger partial charge in [0.15, 0.2) is 0 Å². The predicted molar refractivity (Wildman–Crippen MR) is 69.5 cm³/mol. The molecule has 90 valence electrons. The number of ether oxygens (including phenoxy) is 1. The van der Waals surface area contributed by atoms with Crippen LogP contribution in [0.4, 0.5) is 5.82 Å². The van der Waals surface area contributed by atoms with E-state index in [0.717, 1.165) is 24.1 Å². The third-order valence-electron chi connectivity index (χ3n) is 2.29. The first-order chi connectivity index (χ1) is 7.69. The molecule has 0 amide bonds. The topological polar surface area (TPSA) is 38.2 Å². The Morgan fingerprint density at radius 2 is 2.19 bits per heavy atom. The Kier molecular flexibility index (Phi) is 5.52. The Morgan fingerprint density at radius 1 is 1.44 bits per heavy atom. The molecule has 16 heavy (non-hydrogen) atoms. The zero-order valence-electron chi connectivity index (χ0n) is 9.98. The molecule has 1 rings (SSSR count). The molecule has 1 aromatic rings. The van der Waals surface area contributed by atoms with E-state index in [-0.39, 0.29) is 0 Å². The van der Waals surface area contributed by atoms with Crippen LogP contribution in [0.25, 0.3) is 0 Å². The molecule has 0 saturated heterocycles. The second-order valence-electron chi connectivity index (χ2n) is 3.75. The van der Waals surface area contributed by atoms with Gasteiger partial charge in [-0.25, -0.2) is 9.97 Å². The fourth-order valence-electron chi connectivity index (χ4n) is 1.47. The molecule has 0 N–H and O–H groups in total. The van der Waals surface area contributed by atoms with Gasteiger partial charge in [0.05, 0.1) is 7.11 Å². The zero-order valence-corrected chi connectivity index (χ0v) is 11.6.